The molecular formula is C14H13FN4. The van der Waals surface area contributed by atoms with E-state index >= 15 is 0 Å². The summed E-state index contributed by atoms with van der Waals surface area (Å²) in [6, 6.07) is 12.0. The normalized spacial score (nSPS) is 12.8. The van der Waals surface area contributed by atoms with Crippen molar-refractivity contribution in [3.05, 3.63) is 53.8 Å². The summed E-state index contributed by atoms with van der Waals surface area (Å²) in [5.74, 6) is -0.356. The van der Waals surface area contributed by atoms with Crippen LogP contribution in [0.5, 0.6) is 0 Å². The van der Waals surface area contributed by atoms with Crippen LogP contribution in [0.15, 0.2) is 42.5 Å². The number of nitrogens with two attached hydrogens (primary N) is 1. The maximum absolute atomic E-state index is 14.2. The molecule has 0 amide bonds. The van der Waals surface area contributed by atoms with Crippen LogP contribution in [0.3, 0.4) is 0 Å². The lowest BCUT2D eigenvalue weighted by molar-refractivity contribution is 0.601. The average Bonchev–Trinajstić information content (AvgIpc) is 2.82. The molecule has 3 rings (SSSR count). The summed E-state index contributed by atoms with van der Waals surface area (Å²) in [6.45, 7) is 1.82. The fraction of sp³-hybridized carbons (Fsp3) is 0.143. The monoisotopic (exact) mass is 256 g/mol. The lowest BCUT2D eigenvalue weighted by atomic mass is 10.1. The van der Waals surface area contributed by atoms with Crippen LogP contribution in [0.4, 0.5) is 4.39 Å². The maximum Gasteiger partial charge on any atom is 0.149 e. The maximum atomic E-state index is 14.2. The molecule has 4 nitrogen and oxygen atoms in total. The van der Waals surface area contributed by atoms with Crippen molar-refractivity contribution in [2.45, 2.75) is 13.0 Å². The lowest BCUT2D eigenvalue weighted by Crippen LogP contribution is -2.12. The molecule has 1 atom stereocenters. The van der Waals surface area contributed by atoms with Gasteiger partial charge in [-0.1, -0.05) is 29.5 Å². The van der Waals surface area contributed by atoms with Crippen LogP contribution < -0.4 is 5.73 Å². The first-order valence-corrected chi connectivity index (χ1v) is 6.03. The van der Waals surface area contributed by atoms with E-state index in [1.807, 2.05) is 31.2 Å². The number of para-hydroxylation sites is 2. The van der Waals surface area contributed by atoms with Crippen LogP contribution in [-0.2, 0) is 0 Å². The molecule has 96 valence electrons. The molecule has 5 heteroatoms. The lowest BCUT2D eigenvalue weighted by Gasteiger charge is -2.13. The molecule has 0 unspecified atom stereocenters. The topological polar surface area (TPSA) is 56.7 Å². The van der Waals surface area contributed by atoms with E-state index in [9.17, 15) is 4.39 Å². The highest BCUT2D eigenvalue weighted by Crippen LogP contribution is 2.25. The second-order valence-electron chi connectivity index (χ2n) is 4.46. The molecule has 0 bridgehead atoms. The third kappa shape index (κ3) is 1.88. The standard InChI is InChI=1S/C14H13FN4/c1-9(16)10-5-4-6-11(15)14(10)19-13-8-3-2-7-12(13)17-18-19/h2-9H,16H2,1H3/t9-/m1/s1. The highest BCUT2D eigenvalue weighted by Gasteiger charge is 2.16. The zero-order valence-electron chi connectivity index (χ0n) is 10.4. The molecule has 0 aliphatic rings. The third-order valence-electron chi connectivity index (χ3n) is 3.07. The average molecular weight is 256 g/mol. The van der Waals surface area contributed by atoms with Gasteiger partial charge in [0, 0.05) is 6.04 Å². The number of halogens is 1. The first-order valence-electron chi connectivity index (χ1n) is 6.03. The summed E-state index contributed by atoms with van der Waals surface area (Å²) in [7, 11) is 0. The fourth-order valence-electron chi connectivity index (χ4n) is 2.16. The van der Waals surface area contributed by atoms with Gasteiger partial charge in [-0.15, -0.1) is 5.10 Å². The van der Waals surface area contributed by atoms with E-state index in [0.717, 1.165) is 11.0 Å². The first kappa shape index (κ1) is 11.8. The van der Waals surface area contributed by atoms with E-state index < -0.39 is 0 Å². The second kappa shape index (κ2) is 4.44. The van der Waals surface area contributed by atoms with Gasteiger partial charge in [0.2, 0.25) is 0 Å². The summed E-state index contributed by atoms with van der Waals surface area (Å²) in [5, 5.41) is 8.08. The molecule has 0 spiro atoms. The van der Waals surface area contributed by atoms with Crippen LogP contribution in [0, 0.1) is 5.82 Å². The molecule has 0 radical (unpaired) electrons. The highest BCUT2D eigenvalue weighted by atomic mass is 19.1. The Hall–Kier alpha value is -2.27. The molecule has 1 heterocycles. The molecular weight excluding hydrogens is 243 g/mol. The van der Waals surface area contributed by atoms with Crippen molar-refractivity contribution < 1.29 is 4.39 Å². The van der Waals surface area contributed by atoms with Crippen LogP contribution in [0.25, 0.3) is 16.7 Å². The van der Waals surface area contributed by atoms with Crippen molar-refractivity contribution in [2.75, 3.05) is 0 Å². The Labute approximate surface area is 109 Å². The van der Waals surface area contributed by atoms with Gasteiger partial charge in [0.25, 0.3) is 0 Å². The minimum absolute atomic E-state index is 0.284. The van der Waals surface area contributed by atoms with Crippen LogP contribution in [0.1, 0.15) is 18.5 Å². The van der Waals surface area contributed by atoms with Crippen molar-refractivity contribution in [2.24, 2.45) is 5.73 Å². The minimum atomic E-state index is -0.356. The van der Waals surface area contributed by atoms with Gasteiger partial charge in [-0.05, 0) is 30.7 Å². The molecule has 0 aliphatic heterocycles. The minimum Gasteiger partial charge on any atom is -0.324 e. The second-order valence-corrected chi connectivity index (χ2v) is 4.46. The number of benzene rings is 2. The summed E-state index contributed by atoms with van der Waals surface area (Å²) >= 11 is 0. The van der Waals surface area contributed by atoms with Crippen molar-refractivity contribution in [3.8, 4) is 5.69 Å². The number of rotatable bonds is 2. The molecule has 19 heavy (non-hydrogen) atoms. The van der Waals surface area contributed by atoms with Gasteiger partial charge < -0.3 is 5.73 Å². The zero-order valence-corrected chi connectivity index (χ0v) is 10.4. The van der Waals surface area contributed by atoms with Gasteiger partial charge >= 0.3 is 0 Å². The van der Waals surface area contributed by atoms with Gasteiger partial charge in [0.15, 0.2) is 0 Å². The van der Waals surface area contributed by atoms with Gasteiger partial charge in [0.05, 0.1) is 5.52 Å². The summed E-state index contributed by atoms with van der Waals surface area (Å²) in [5.41, 5.74) is 8.46. The summed E-state index contributed by atoms with van der Waals surface area (Å²) in [6.07, 6.45) is 0. The number of hydrogen-bond acceptors (Lipinski definition) is 3. The van der Waals surface area contributed by atoms with E-state index in [0.29, 0.717) is 11.3 Å². The third-order valence-corrected chi connectivity index (χ3v) is 3.07. The van der Waals surface area contributed by atoms with E-state index in [1.165, 1.54) is 10.7 Å². The van der Waals surface area contributed by atoms with Crippen molar-refractivity contribution >= 4 is 11.0 Å². The smallest absolute Gasteiger partial charge is 0.149 e. The van der Waals surface area contributed by atoms with E-state index in [1.54, 1.807) is 12.1 Å². The molecule has 2 aromatic carbocycles. The number of nitrogens with zero attached hydrogens (tertiary/aromatic N) is 3. The molecule has 2 N–H and O–H groups in total. The van der Waals surface area contributed by atoms with Crippen LogP contribution >= 0.6 is 0 Å². The van der Waals surface area contributed by atoms with Crippen LogP contribution in [-0.4, -0.2) is 15.0 Å². The van der Waals surface area contributed by atoms with Crippen molar-refractivity contribution in [1.29, 1.82) is 0 Å². The summed E-state index contributed by atoms with van der Waals surface area (Å²) in [4.78, 5) is 0. The number of hydrogen-bond donors (Lipinski definition) is 1. The number of aromatic nitrogens is 3. The molecule has 1 aromatic heterocycles. The zero-order chi connectivity index (χ0) is 13.4. The van der Waals surface area contributed by atoms with Crippen molar-refractivity contribution in [3.63, 3.8) is 0 Å². The quantitative estimate of drug-likeness (QED) is 0.766. The van der Waals surface area contributed by atoms with E-state index in [4.69, 9.17) is 5.73 Å². The van der Waals surface area contributed by atoms with Gasteiger partial charge in [-0.3, -0.25) is 0 Å². The molecule has 3 aromatic rings. The van der Waals surface area contributed by atoms with Gasteiger partial charge in [-0.25, -0.2) is 9.07 Å². The Bertz CT molecular complexity index is 733. The Balaban J connectivity index is 2.33. The Morgan fingerprint density at radius 1 is 1.16 bits per heavy atom. The fourth-order valence-corrected chi connectivity index (χ4v) is 2.16. The summed E-state index contributed by atoms with van der Waals surface area (Å²) < 4.78 is 15.7. The highest BCUT2D eigenvalue weighted by molar-refractivity contribution is 5.76. The Morgan fingerprint density at radius 3 is 2.74 bits per heavy atom. The Morgan fingerprint density at radius 2 is 1.95 bits per heavy atom. The van der Waals surface area contributed by atoms with Crippen molar-refractivity contribution in [1.82, 2.24) is 15.0 Å². The molecule has 0 fully saturated rings. The Kier molecular flexibility index (Phi) is 2.76. The van der Waals surface area contributed by atoms with Gasteiger partial charge in [-0.2, -0.15) is 0 Å². The van der Waals surface area contributed by atoms with Crippen LogP contribution in [0.2, 0.25) is 0 Å². The molecule has 0 aliphatic carbocycles. The predicted molar refractivity (Wildman–Crippen MR) is 71.4 cm³/mol. The largest absolute Gasteiger partial charge is 0.324 e. The molecule has 0 saturated carbocycles. The van der Waals surface area contributed by atoms with Gasteiger partial charge in [0.1, 0.15) is 17.0 Å². The number of fused-ring (bicyclic) bond motifs is 1. The first-order chi connectivity index (χ1) is 9.18. The van der Waals surface area contributed by atoms with E-state index in [-0.39, 0.29) is 11.9 Å². The molecule has 0 saturated heterocycles. The predicted octanol–water partition coefficient (Wildman–Crippen LogP) is 2.58. The van der Waals surface area contributed by atoms with E-state index in [2.05, 4.69) is 10.3 Å². The SMILES string of the molecule is C[C@@H](N)c1cccc(F)c1-n1nnc2ccccc21.